The molecule has 0 saturated carbocycles. The molecule has 4 aromatic heterocycles. The molecular weight excluding hydrogens is 1640 g/mol. The second-order valence-electron chi connectivity index (χ2n) is 25.5. The molecule has 0 radical (unpaired) electrons. The molecule has 0 spiro atoms. The molecule has 0 atom stereocenters. The van der Waals surface area contributed by atoms with Gasteiger partial charge < -0.3 is 19.9 Å². The SMILES string of the molecule is CC(=O)Nc1cc2c(-c3ccc(CN4CCN(S(C)(=O)=O)CC4)c(F)c3)cccn2n1.CC(=O)Nc1cc2c(Br)cccn2n1.CC1(C)OB(c2ccc(CN3CCN(S(C)(=O)=O)CC3)c(F)c2)OC1(C)C.CS(=O)(=O)N1CCN(Cc2ccc(Br)cc2F)CC1.Fc1cc(Br)ccc1CBr. The lowest BCUT2D eigenvalue weighted by Crippen LogP contribution is -2.47. The van der Waals surface area contributed by atoms with E-state index in [0.717, 1.165) is 30.0 Å². The number of amides is 2. The summed E-state index contributed by atoms with van der Waals surface area (Å²) in [6, 6.07) is 31.3. The van der Waals surface area contributed by atoms with E-state index in [1.54, 1.807) is 45.6 Å². The van der Waals surface area contributed by atoms with E-state index in [1.807, 2.05) is 88.5 Å². The molecule has 2 N–H and O–H groups in total. The number of hydrogen-bond acceptors (Lipinski definition) is 15. The highest BCUT2D eigenvalue weighted by atomic mass is 79.9. The van der Waals surface area contributed by atoms with Crippen LogP contribution in [0, 0.1) is 23.3 Å². The third-order valence-electron chi connectivity index (χ3n) is 17.3. The summed E-state index contributed by atoms with van der Waals surface area (Å²) in [4.78, 5) is 28.3. The number of pyridine rings is 2. The van der Waals surface area contributed by atoms with Gasteiger partial charge in [0.1, 0.15) is 23.3 Å². The second kappa shape index (κ2) is 35.0. The maximum Gasteiger partial charge on any atom is 0.494 e. The number of alkyl halides is 1. The Hall–Kier alpha value is -5.57. The summed E-state index contributed by atoms with van der Waals surface area (Å²) in [6.07, 6.45) is 7.24. The highest BCUT2D eigenvalue weighted by Crippen LogP contribution is 2.37. The lowest BCUT2D eigenvalue weighted by atomic mass is 9.78. The topological polar surface area (TPSA) is 233 Å². The predicted octanol–water partition coefficient (Wildman–Crippen LogP) is 10.6. The normalized spacial score (nSPS) is 17.2. The number of carbonyl (C=O) groups is 2. The van der Waals surface area contributed by atoms with E-state index in [-0.39, 0.29) is 35.1 Å². The number of piperazine rings is 3. The zero-order chi connectivity index (χ0) is 73.9. The highest BCUT2D eigenvalue weighted by Gasteiger charge is 2.52. The molecule has 4 saturated heterocycles. The van der Waals surface area contributed by atoms with Crippen molar-refractivity contribution in [2.24, 2.45) is 0 Å². The van der Waals surface area contributed by atoms with Crippen LogP contribution < -0.4 is 16.1 Å². The zero-order valence-electron chi connectivity index (χ0n) is 57.2. The number of benzene rings is 4. The Morgan fingerprint density at radius 2 is 0.861 bits per heavy atom. The molecule has 4 aliphatic heterocycles. The summed E-state index contributed by atoms with van der Waals surface area (Å²) in [7, 11) is -10.0. The Morgan fingerprint density at radius 1 is 0.495 bits per heavy atom. The minimum atomic E-state index is -3.19. The number of nitrogens with zero attached hydrogens (tertiary/aromatic N) is 10. The lowest BCUT2D eigenvalue weighted by molar-refractivity contribution is -0.115. The molecule has 4 aliphatic rings. The van der Waals surface area contributed by atoms with Crippen molar-refractivity contribution in [3.05, 3.63) is 181 Å². The van der Waals surface area contributed by atoms with Crippen LogP contribution in [0.4, 0.5) is 29.2 Å². The Kier molecular flexibility index (Phi) is 28.1. The van der Waals surface area contributed by atoms with Crippen molar-refractivity contribution in [3.8, 4) is 11.1 Å². The highest BCUT2D eigenvalue weighted by molar-refractivity contribution is 9.11. The summed E-state index contributed by atoms with van der Waals surface area (Å²) in [6.45, 7) is 18.3. The molecule has 0 unspecified atom stereocenters. The van der Waals surface area contributed by atoms with Crippen molar-refractivity contribution in [1.82, 2.24) is 46.8 Å². The van der Waals surface area contributed by atoms with Crippen LogP contribution in [-0.2, 0) is 73.9 Å². The first kappa shape index (κ1) is 81.1. The summed E-state index contributed by atoms with van der Waals surface area (Å²) in [5.41, 5.74) is 5.40. The molecule has 12 rings (SSSR count). The number of hydrogen-bond donors (Lipinski definition) is 2. The van der Waals surface area contributed by atoms with Gasteiger partial charge in [0, 0.05) is 178 Å². The van der Waals surface area contributed by atoms with E-state index in [4.69, 9.17) is 9.31 Å². The molecule has 4 aromatic carbocycles. The minimum absolute atomic E-state index is 0.121. The number of fused-ring (bicyclic) bond motifs is 2. The number of anilines is 2. The van der Waals surface area contributed by atoms with Crippen LogP contribution in [0.15, 0.2) is 135 Å². The van der Waals surface area contributed by atoms with Gasteiger partial charge in [0.05, 0.1) is 41.0 Å². The Balaban J connectivity index is 0.000000168. The van der Waals surface area contributed by atoms with Crippen LogP contribution in [0.5, 0.6) is 0 Å². The largest absolute Gasteiger partial charge is 0.494 e. The molecule has 101 heavy (non-hydrogen) atoms. The van der Waals surface area contributed by atoms with Gasteiger partial charge >= 0.3 is 7.12 Å². The molecule has 0 bridgehead atoms. The third kappa shape index (κ3) is 23.0. The van der Waals surface area contributed by atoms with Gasteiger partial charge in [0.2, 0.25) is 41.9 Å². The Labute approximate surface area is 621 Å². The van der Waals surface area contributed by atoms with Crippen molar-refractivity contribution in [2.75, 3.05) is 108 Å². The number of aromatic nitrogens is 4. The summed E-state index contributed by atoms with van der Waals surface area (Å²) < 4.78 is 147. The molecule has 34 heteroatoms. The molecular formula is C67H81BBr4F4N12O10S3. The van der Waals surface area contributed by atoms with Crippen LogP contribution in [-0.4, -0.2) is 200 Å². The zero-order valence-corrected chi connectivity index (χ0v) is 66.0. The fraction of sp³-hybridized carbons (Fsp3) is 0.403. The summed E-state index contributed by atoms with van der Waals surface area (Å²) >= 11 is 13.0. The van der Waals surface area contributed by atoms with Crippen LogP contribution in [0.2, 0.25) is 0 Å². The van der Waals surface area contributed by atoms with E-state index in [0.29, 0.717) is 148 Å². The van der Waals surface area contributed by atoms with Crippen molar-refractivity contribution in [3.63, 3.8) is 0 Å². The fourth-order valence-electron chi connectivity index (χ4n) is 11.0. The molecule has 0 aliphatic carbocycles. The molecule has 8 heterocycles. The van der Waals surface area contributed by atoms with E-state index < -0.39 is 48.4 Å². The van der Waals surface area contributed by atoms with Gasteiger partial charge in [-0.05, 0) is 115 Å². The van der Waals surface area contributed by atoms with Crippen LogP contribution in [0.25, 0.3) is 22.2 Å². The maximum atomic E-state index is 14.9. The van der Waals surface area contributed by atoms with Gasteiger partial charge in [-0.2, -0.15) is 18.0 Å². The average molecular weight is 1720 g/mol. The average Bonchev–Trinajstić information content (AvgIpc) is 1.65. The van der Waals surface area contributed by atoms with E-state index in [9.17, 15) is 52.4 Å². The van der Waals surface area contributed by atoms with Crippen molar-refractivity contribution in [2.45, 2.75) is 77.7 Å². The standard InChI is InChI=1S/C21H24FN5O3S.C18H28BFN2O4S.C12H16BrFN2O2S.C9H8BrN3O.C7H5Br2F/c1-15(28)23-21-13-20-18(4-3-7-27(20)24-21)16-5-6-17(19(22)12-16)14-25-8-10-26(11-9-25)31(2,29)30;1-17(2)18(3,4)26-19(25-17)15-7-6-14(16(20)12-15)13-21-8-10-22(11-9-21)27(5,23)24;1-19(17,18)16-6-4-15(5-7-16)9-10-2-3-11(13)8-12(10)14;1-6(14)11-9-5-8-7(10)3-2-4-13(8)12-9;8-4-5-1-2-6(9)3-7(5)10/h3-7,12-13H,8-11,14H2,1-2H3,(H,23,24,28);6-7,12H,8-11,13H2,1-5H3;2-3,8H,4-7,9H2,1H3;2-5H,1H3,(H,11,12,14);1-3H,4H2. The predicted molar refractivity (Wildman–Crippen MR) is 400 cm³/mol. The smallest absolute Gasteiger partial charge is 0.399 e. The number of carbonyl (C=O) groups excluding carboxylic acids is 2. The third-order valence-corrected chi connectivity index (χ3v) is 23.5. The van der Waals surface area contributed by atoms with Crippen molar-refractivity contribution in [1.29, 1.82) is 0 Å². The fourth-order valence-corrected chi connectivity index (χ4v) is 15.1. The van der Waals surface area contributed by atoms with Gasteiger partial charge in [0.25, 0.3) is 0 Å². The first-order valence-corrected chi connectivity index (χ1v) is 41.0. The van der Waals surface area contributed by atoms with Gasteiger partial charge in [0.15, 0.2) is 11.6 Å². The van der Waals surface area contributed by atoms with E-state index in [2.05, 4.69) is 99.3 Å². The number of halogens is 8. The lowest BCUT2D eigenvalue weighted by Gasteiger charge is -2.33. The van der Waals surface area contributed by atoms with Crippen molar-refractivity contribution < 1.29 is 61.7 Å². The quantitative estimate of drug-likeness (QED) is 0.0585. The molecule has 2 amide bonds. The van der Waals surface area contributed by atoms with Gasteiger partial charge in [-0.3, -0.25) is 24.3 Å². The Bertz CT molecular complexity index is 4590. The van der Waals surface area contributed by atoms with Crippen LogP contribution in [0.3, 0.4) is 0 Å². The van der Waals surface area contributed by atoms with Crippen LogP contribution in [0.1, 0.15) is 63.8 Å². The monoisotopic (exact) mass is 1710 g/mol. The first-order valence-electron chi connectivity index (χ1n) is 31.9. The Morgan fingerprint density at radius 3 is 1.24 bits per heavy atom. The second-order valence-corrected chi connectivity index (χ2v) is 34.7. The van der Waals surface area contributed by atoms with Gasteiger partial charge in [-0.25, -0.2) is 51.8 Å². The van der Waals surface area contributed by atoms with E-state index in [1.165, 1.54) is 69.8 Å². The molecule has 546 valence electrons. The number of rotatable bonds is 14. The maximum absolute atomic E-state index is 14.9. The molecule has 8 aromatic rings. The van der Waals surface area contributed by atoms with Gasteiger partial charge in [-0.15, -0.1) is 5.10 Å². The molecule has 4 fully saturated rings. The number of sulfonamides is 3. The summed E-state index contributed by atoms with van der Waals surface area (Å²) in [5, 5.41) is 14.3. The van der Waals surface area contributed by atoms with Crippen LogP contribution >= 0.6 is 63.7 Å². The van der Waals surface area contributed by atoms with E-state index >= 15 is 0 Å². The van der Waals surface area contributed by atoms with Crippen molar-refractivity contribution >= 4 is 141 Å². The number of nitrogens with one attached hydrogen (secondary N) is 2. The molecule has 22 nitrogen and oxygen atoms in total. The summed E-state index contributed by atoms with van der Waals surface area (Å²) in [5.74, 6) is -0.359. The minimum Gasteiger partial charge on any atom is -0.399 e. The van der Waals surface area contributed by atoms with Gasteiger partial charge in [-0.1, -0.05) is 90.3 Å². The first-order chi connectivity index (χ1) is 47.4.